The van der Waals surface area contributed by atoms with Gasteiger partial charge in [-0.1, -0.05) is 30.3 Å². The molecule has 1 aliphatic heterocycles. The molecule has 2 unspecified atom stereocenters. The van der Waals surface area contributed by atoms with E-state index < -0.39 is 5.72 Å². The zero-order chi connectivity index (χ0) is 12.3. The van der Waals surface area contributed by atoms with Crippen molar-refractivity contribution in [2.45, 2.75) is 18.2 Å². The largest absolute Gasteiger partial charge is 0.302 e. The third-order valence-corrected chi connectivity index (χ3v) is 2.89. The minimum atomic E-state index is -0.842. The molecule has 0 bridgehead atoms. The number of nitrogens with zero attached hydrogens (tertiary/aromatic N) is 2. The first-order valence-corrected chi connectivity index (χ1v) is 5.58. The van der Waals surface area contributed by atoms with E-state index in [0.717, 1.165) is 0 Å². The van der Waals surface area contributed by atoms with Crippen molar-refractivity contribution in [1.82, 2.24) is 10.5 Å². The molecule has 6 heteroatoms. The lowest BCUT2D eigenvalue weighted by molar-refractivity contribution is -0.0503. The van der Waals surface area contributed by atoms with E-state index in [-0.39, 0.29) is 18.4 Å². The van der Waals surface area contributed by atoms with E-state index in [4.69, 9.17) is 10.6 Å². The van der Waals surface area contributed by atoms with Crippen LogP contribution in [-0.4, -0.2) is 30.9 Å². The molecule has 100 valence electrons. The number of hydrogen-bond acceptors (Lipinski definition) is 5. The van der Waals surface area contributed by atoms with Gasteiger partial charge in [0.25, 0.3) is 0 Å². The second-order valence-electron chi connectivity index (χ2n) is 4.50. The molecule has 1 heterocycles. The van der Waals surface area contributed by atoms with Crippen LogP contribution in [0.25, 0.3) is 0 Å². The second-order valence-corrected chi connectivity index (χ2v) is 4.50. The summed E-state index contributed by atoms with van der Waals surface area (Å²) in [5.41, 5.74) is 8.88. The molecule has 1 aromatic carbocycles. The Morgan fingerprint density at radius 2 is 2.06 bits per heavy atom. The first kappa shape index (κ1) is 14.9. The van der Waals surface area contributed by atoms with Crippen LogP contribution in [0.2, 0.25) is 0 Å². The average molecular weight is 271 g/mol. The lowest BCUT2D eigenvalue weighted by Crippen LogP contribution is -2.46. The highest BCUT2D eigenvalue weighted by molar-refractivity contribution is 5.85. The van der Waals surface area contributed by atoms with Crippen LogP contribution >= 0.6 is 12.4 Å². The van der Waals surface area contributed by atoms with Crippen LogP contribution in [0.15, 0.2) is 35.4 Å². The van der Waals surface area contributed by atoms with Gasteiger partial charge in [-0.3, -0.25) is 5.73 Å². The molecule has 3 N–H and O–H groups in total. The summed E-state index contributed by atoms with van der Waals surface area (Å²) in [6.45, 7) is 0. The lowest BCUT2D eigenvalue weighted by Gasteiger charge is -2.30. The summed E-state index contributed by atoms with van der Waals surface area (Å²) in [6, 6.07) is 10.4. The Labute approximate surface area is 113 Å². The molecule has 0 saturated heterocycles. The predicted molar refractivity (Wildman–Crippen MR) is 74.4 cm³/mol. The molecule has 2 atom stereocenters. The predicted octanol–water partition coefficient (Wildman–Crippen LogP) is 1.28. The van der Waals surface area contributed by atoms with Crippen LogP contribution in [0, 0.1) is 0 Å². The van der Waals surface area contributed by atoms with E-state index >= 15 is 0 Å². The third-order valence-electron chi connectivity index (χ3n) is 2.89. The van der Waals surface area contributed by atoms with Gasteiger partial charge in [-0.05, 0) is 19.7 Å². The number of hydrogen-bond donors (Lipinski definition) is 2. The van der Waals surface area contributed by atoms with Gasteiger partial charge in [-0.25, -0.2) is 4.84 Å². The topological polar surface area (TPSA) is 62.9 Å². The summed E-state index contributed by atoms with van der Waals surface area (Å²) in [6.07, 6.45) is 2.24. The normalized spacial score (nSPS) is 23.6. The van der Waals surface area contributed by atoms with Crippen molar-refractivity contribution in [3.8, 4) is 0 Å². The Hall–Kier alpha value is -1.14. The fourth-order valence-electron chi connectivity index (χ4n) is 1.94. The van der Waals surface area contributed by atoms with E-state index in [1.54, 1.807) is 6.21 Å². The maximum Gasteiger partial charge on any atom is 0.185 e. The van der Waals surface area contributed by atoms with Crippen LogP contribution in [-0.2, 0) is 4.84 Å². The van der Waals surface area contributed by atoms with Gasteiger partial charge in [-0.15, -0.1) is 12.4 Å². The van der Waals surface area contributed by atoms with E-state index in [2.05, 4.69) is 27.7 Å². The number of benzene rings is 1. The number of nitrogens with two attached hydrogens (primary N) is 1. The van der Waals surface area contributed by atoms with E-state index in [1.807, 2.05) is 32.3 Å². The monoisotopic (exact) mass is 270 g/mol. The highest BCUT2D eigenvalue weighted by Gasteiger charge is 2.33. The summed E-state index contributed by atoms with van der Waals surface area (Å²) in [5.74, 6) is 0. The molecule has 0 amide bonds. The molecule has 0 aromatic heterocycles. The number of rotatable bonds is 4. The van der Waals surface area contributed by atoms with Crippen molar-refractivity contribution in [2.75, 3.05) is 14.1 Å². The smallest absolute Gasteiger partial charge is 0.185 e. The molecular formula is C12H19ClN4O. The molecule has 0 fully saturated rings. The maximum atomic E-state index is 6.07. The Balaban J connectivity index is 0.00000162. The van der Waals surface area contributed by atoms with E-state index in [9.17, 15) is 0 Å². The zero-order valence-corrected chi connectivity index (χ0v) is 11.4. The van der Waals surface area contributed by atoms with Crippen LogP contribution < -0.4 is 11.3 Å². The average Bonchev–Trinajstić information content (AvgIpc) is 2.74. The van der Waals surface area contributed by atoms with Gasteiger partial charge in [0, 0.05) is 12.5 Å². The molecule has 18 heavy (non-hydrogen) atoms. The molecule has 0 radical (unpaired) electrons. The third kappa shape index (κ3) is 3.43. The van der Waals surface area contributed by atoms with Crippen molar-refractivity contribution in [3.63, 3.8) is 0 Å². The zero-order valence-electron chi connectivity index (χ0n) is 10.5. The SMILES string of the molecule is CN(C)C(CC1(N)C=NNO1)c1ccccc1.Cl. The van der Waals surface area contributed by atoms with Crippen LogP contribution in [0.3, 0.4) is 0 Å². The summed E-state index contributed by atoms with van der Waals surface area (Å²) < 4.78 is 0. The van der Waals surface area contributed by atoms with Gasteiger partial charge in [0.1, 0.15) is 0 Å². The number of nitrogens with one attached hydrogen (secondary N) is 1. The lowest BCUT2D eigenvalue weighted by atomic mass is 9.97. The fraction of sp³-hybridized carbons (Fsp3) is 0.417. The van der Waals surface area contributed by atoms with E-state index in [0.29, 0.717) is 6.42 Å². The van der Waals surface area contributed by atoms with Gasteiger partial charge >= 0.3 is 0 Å². The Morgan fingerprint density at radius 1 is 1.39 bits per heavy atom. The Bertz CT molecular complexity index is 398. The van der Waals surface area contributed by atoms with E-state index in [1.165, 1.54) is 5.56 Å². The fourth-order valence-corrected chi connectivity index (χ4v) is 1.94. The number of hydrazone groups is 1. The molecule has 0 spiro atoms. The van der Waals surface area contributed by atoms with Gasteiger partial charge in [-0.2, -0.15) is 10.7 Å². The van der Waals surface area contributed by atoms with Crippen molar-refractivity contribution in [1.29, 1.82) is 0 Å². The summed E-state index contributed by atoms with van der Waals surface area (Å²) in [7, 11) is 4.06. The highest BCUT2D eigenvalue weighted by Crippen LogP contribution is 2.27. The molecule has 0 saturated carbocycles. The molecule has 1 aromatic rings. The quantitative estimate of drug-likeness (QED) is 0.865. The highest BCUT2D eigenvalue weighted by atomic mass is 35.5. The Morgan fingerprint density at radius 3 is 2.56 bits per heavy atom. The van der Waals surface area contributed by atoms with Gasteiger partial charge in [0.15, 0.2) is 5.72 Å². The van der Waals surface area contributed by atoms with Gasteiger partial charge < -0.3 is 4.90 Å². The summed E-state index contributed by atoms with van der Waals surface area (Å²) in [4.78, 5) is 7.35. The van der Waals surface area contributed by atoms with Crippen molar-refractivity contribution in [3.05, 3.63) is 35.9 Å². The standard InChI is InChI=1S/C12H18N4O.ClH/c1-16(2)11(10-6-4-3-5-7-10)8-12(13)9-14-15-17-12;/h3-7,9,11,15H,8,13H2,1-2H3;1H. The van der Waals surface area contributed by atoms with Crippen LogP contribution in [0.1, 0.15) is 18.0 Å². The molecular weight excluding hydrogens is 252 g/mol. The second kappa shape index (κ2) is 6.15. The van der Waals surface area contributed by atoms with Crippen molar-refractivity contribution >= 4 is 18.6 Å². The summed E-state index contributed by atoms with van der Waals surface area (Å²) >= 11 is 0. The summed E-state index contributed by atoms with van der Waals surface area (Å²) in [5, 5.41) is 3.80. The minimum absolute atomic E-state index is 0. The first-order chi connectivity index (χ1) is 8.11. The first-order valence-electron chi connectivity index (χ1n) is 5.58. The van der Waals surface area contributed by atoms with Gasteiger partial charge in [0.05, 0.1) is 6.21 Å². The van der Waals surface area contributed by atoms with Crippen LogP contribution in [0.5, 0.6) is 0 Å². The number of halogens is 1. The molecule has 1 aliphatic rings. The van der Waals surface area contributed by atoms with Crippen molar-refractivity contribution < 1.29 is 4.84 Å². The van der Waals surface area contributed by atoms with Crippen molar-refractivity contribution in [2.24, 2.45) is 10.8 Å². The molecule has 2 rings (SSSR count). The molecule has 0 aliphatic carbocycles. The maximum absolute atomic E-state index is 6.07. The van der Waals surface area contributed by atoms with Gasteiger partial charge in [0.2, 0.25) is 0 Å². The minimum Gasteiger partial charge on any atom is -0.302 e. The van der Waals surface area contributed by atoms with Crippen LogP contribution in [0.4, 0.5) is 0 Å². The Kier molecular flexibility index (Phi) is 5.10. The molecule has 5 nitrogen and oxygen atoms in total.